The molecule has 1 saturated carbocycles. The largest absolute Gasteiger partial charge is 0.388 e. The molecule has 1 aromatic carbocycles. The molecular weight excluding hydrogens is 282 g/mol. The average molecular weight is 305 g/mol. The Morgan fingerprint density at radius 3 is 3.05 bits per heavy atom. The van der Waals surface area contributed by atoms with Gasteiger partial charge in [-0.2, -0.15) is 0 Å². The zero-order valence-electron chi connectivity index (χ0n) is 12.5. The quantitative estimate of drug-likeness (QED) is 0.903. The summed E-state index contributed by atoms with van der Waals surface area (Å²) in [7, 11) is 0. The number of nitrogens with one attached hydrogen (secondary N) is 1. The van der Waals surface area contributed by atoms with E-state index < -0.39 is 5.60 Å². The molecule has 1 aliphatic carbocycles. The minimum Gasteiger partial charge on any atom is -0.388 e. The zero-order chi connectivity index (χ0) is 14.9. The summed E-state index contributed by atoms with van der Waals surface area (Å²) in [6.45, 7) is 2.57. The molecule has 3 atom stereocenters. The molecular formula is C17H23NO2S. The van der Waals surface area contributed by atoms with E-state index in [1.165, 1.54) is 16.9 Å². The number of thioether (sulfide) groups is 1. The molecule has 2 aliphatic rings. The molecule has 21 heavy (non-hydrogen) atoms. The molecule has 1 aromatic rings. The third-order valence-electron chi connectivity index (χ3n) is 4.60. The molecule has 0 saturated heterocycles. The number of carbonyl (C=O) groups is 1. The van der Waals surface area contributed by atoms with E-state index in [1.54, 1.807) is 11.8 Å². The Labute approximate surface area is 130 Å². The second-order valence-electron chi connectivity index (χ2n) is 6.56. The van der Waals surface area contributed by atoms with Crippen LogP contribution >= 0.6 is 11.8 Å². The Kier molecular flexibility index (Phi) is 4.27. The van der Waals surface area contributed by atoms with Crippen molar-refractivity contribution >= 4 is 17.7 Å². The van der Waals surface area contributed by atoms with E-state index in [0.717, 1.165) is 25.7 Å². The van der Waals surface area contributed by atoms with Crippen molar-refractivity contribution in [1.82, 2.24) is 5.32 Å². The van der Waals surface area contributed by atoms with Gasteiger partial charge in [-0.1, -0.05) is 38.0 Å². The van der Waals surface area contributed by atoms with Crippen molar-refractivity contribution in [3.8, 4) is 0 Å². The van der Waals surface area contributed by atoms with E-state index in [4.69, 9.17) is 0 Å². The Bertz CT molecular complexity index is 508. The van der Waals surface area contributed by atoms with E-state index in [0.29, 0.717) is 12.5 Å². The summed E-state index contributed by atoms with van der Waals surface area (Å²) in [5.74, 6) is 0.605. The van der Waals surface area contributed by atoms with Gasteiger partial charge in [0.05, 0.1) is 10.9 Å². The van der Waals surface area contributed by atoms with Crippen LogP contribution in [0, 0.1) is 5.92 Å². The second kappa shape index (κ2) is 6.01. The molecule has 3 unspecified atom stereocenters. The SMILES string of the molecule is CC1CCCC(O)(CNC(=O)C2Cc3ccccc3S2)C1. The van der Waals surface area contributed by atoms with Crippen molar-refractivity contribution in [3.05, 3.63) is 29.8 Å². The number of carbonyl (C=O) groups excluding carboxylic acids is 1. The fraction of sp³-hybridized carbons (Fsp3) is 0.588. The van der Waals surface area contributed by atoms with E-state index in [1.807, 2.05) is 12.1 Å². The summed E-state index contributed by atoms with van der Waals surface area (Å²) in [6, 6.07) is 8.19. The van der Waals surface area contributed by atoms with Crippen molar-refractivity contribution in [2.45, 2.75) is 54.8 Å². The van der Waals surface area contributed by atoms with Crippen LogP contribution in [-0.4, -0.2) is 28.4 Å². The lowest BCUT2D eigenvalue weighted by Gasteiger charge is -2.35. The van der Waals surface area contributed by atoms with Crippen LogP contribution in [0.3, 0.4) is 0 Å². The normalized spacial score (nSPS) is 31.7. The summed E-state index contributed by atoms with van der Waals surface area (Å²) in [4.78, 5) is 13.5. The standard InChI is InChI=1S/C17H23NO2S/c1-12-5-4-8-17(20,10-12)11-18-16(19)15-9-13-6-2-3-7-14(13)21-15/h2-3,6-7,12,15,20H,4-5,8-11H2,1H3,(H,18,19). The molecule has 1 amide bonds. The minimum atomic E-state index is -0.705. The van der Waals surface area contributed by atoms with Crippen LogP contribution in [0.25, 0.3) is 0 Å². The van der Waals surface area contributed by atoms with Crippen LogP contribution in [-0.2, 0) is 11.2 Å². The number of rotatable bonds is 3. The molecule has 2 N–H and O–H groups in total. The van der Waals surface area contributed by atoms with E-state index in [9.17, 15) is 9.90 Å². The van der Waals surface area contributed by atoms with Gasteiger partial charge in [0.2, 0.25) is 5.91 Å². The van der Waals surface area contributed by atoms with Gasteiger partial charge in [0.1, 0.15) is 0 Å². The smallest absolute Gasteiger partial charge is 0.233 e. The highest BCUT2D eigenvalue weighted by Crippen LogP contribution is 2.37. The first-order valence-corrected chi connectivity index (χ1v) is 8.68. The summed E-state index contributed by atoms with van der Waals surface area (Å²) in [5.41, 5.74) is 0.552. The van der Waals surface area contributed by atoms with Gasteiger partial charge in [0.15, 0.2) is 0 Å². The van der Waals surface area contributed by atoms with Gasteiger partial charge in [-0.05, 0) is 36.8 Å². The first kappa shape index (κ1) is 14.9. The first-order valence-electron chi connectivity index (χ1n) is 7.80. The Hall–Kier alpha value is -1.00. The van der Waals surface area contributed by atoms with E-state index >= 15 is 0 Å². The second-order valence-corrected chi connectivity index (χ2v) is 7.81. The van der Waals surface area contributed by atoms with Crippen molar-refractivity contribution in [2.24, 2.45) is 5.92 Å². The molecule has 0 spiro atoms. The monoisotopic (exact) mass is 305 g/mol. The van der Waals surface area contributed by atoms with Crippen molar-refractivity contribution in [3.63, 3.8) is 0 Å². The van der Waals surface area contributed by atoms with Gasteiger partial charge >= 0.3 is 0 Å². The summed E-state index contributed by atoms with van der Waals surface area (Å²) >= 11 is 1.64. The van der Waals surface area contributed by atoms with Gasteiger partial charge in [-0.3, -0.25) is 4.79 Å². The molecule has 4 heteroatoms. The van der Waals surface area contributed by atoms with Crippen molar-refractivity contribution in [1.29, 1.82) is 0 Å². The summed E-state index contributed by atoms with van der Waals surface area (Å²) in [5, 5.41) is 13.5. The van der Waals surface area contributed by atoms with Gasteiger partial charge in [0.25, 0.3) is 0 Å². The molecule has 1 aliphatic heterocycles. The van der Waals surface area contributed by atoms with Crippen LogP contribution < -0.4 is 5.32 Å². The Morgan fingerprint density at radius 1 is 1.48 bits per heavy atom. The number of hydrogen-bond donors (Lipinski definition) is 2. The fourth-order valence-electron chi connectivity index (χ4n) is 3.49. The minimum absolute atomic E-state index is 0.0491. The number of aliphatic hydroxyl groups is 1. The van der Waals surface area contributed by atoms with E-state index in [-0.39, 0.29) is 11.2 Å². The number of hydrogen-bond acceptors (Lipinski definition) is 3. The lowest BCUT2D eigenvalue weighted by molar-refractivity contribution is -0.122. The Morgan fingerprint density at radius 2 is 2.29 bits per heavy atom. The molecule has 0 bridgehead atoms. The highest BCUT2D eigenvalue weighted by Gasteiger charge is 2.34. The van der Waals surface area contributed by atoms with Gasteiger partial charge < -0.3 is 10.4 Å². The van der Waals surface area contributed by atoms with Crippen LogP contribution in [0.5, 0.6) is 0 Å². The fourth-order valence-corrected chi connectivity index (χ4v) is 4.71. The average Bonchev–Trinajstić information content (AvgIpc) is 2.88. The molecule has 1 fully saturated rings. The Balaban J connectivity index is 1.54. The lowest BCUT2D eigenvalue weighted by atomic mass is 9.79. The predicted octanol–water partition coefficient (Wildman–Crippen LogP) is 2.76. The van der Waals surface area contributed by atoms with Crippen LogP contribution in [0.4, 0.5) is 0 Å². The lowest BCUT2D eigenvalue weighted by Crippen LogP contribution is -2.47. The highest BCUT2D eigenvalue weighted by molar-refractivity contribution is 8.01. The third kappa shape index (κ3) is 3.43. The molecule has 0 radical (unpaired) electrons. The maximum absolute atomic E-state index is 12.3. The van der Waals surface area contributed by atoms with Crippen LogP contribution in [0.15, 0.2) is 29.2 Å². The maximum Gasteiger partial charge on any atom is 0.233 e. The highest BCUT2D eigenvalue weighted by atomic mass is 32.2. The van der Waals surface area contributed by atoms with E-state index in [2.05, 4.69) is 24.4 Å². The molecule has 3 rings (SSSR count). The number of amides is 1. The van der Waals surface area contributed by atoms with Gasteiger partial charge in [-0.25, -0.2) is 0 Å². The van der Waals surface area contributed by atoms with Crippen LogP contribution in [0.2, 0.25) is 0 Å². The predicted molar refractivity (Wildman–Crippen MR) is 85.4 cm³/mol. The molecule has 3 nitrogen and oxygen atoms in total. The molecule has 1 heterocycles. The van der Waals surface area contributed by atoms with Crippen molar-refractivity contribution < 1.29 is 9.90 Å². The molecule has 114 valence electrons. The van der Waals surface area contributed by atoms with Gasteiger partial charge in [0, 0.05) is 11.4 Å². The first-order chi connectivity index (χ1) is 10.1. The third-order valence-corrected chi connectivity index (χ3v) is 5.92. The van der Waals surface area contributed by atoms with Crippen LogP contribution in [0.1, 0.15) is 38.2 Å². The number of fused-ring (bicyclic) bond motifs is 1. The summed E-state index contributed by atoms with van der Waals surface area (Å²) < 4.78 is 0. The topological polar surface area (TPSA) is 49.3 Å². The van der Waals surface area contributed by atoms with Crippen molar-refractivity contribution in [2.75, 3.05) is 6.54 Å². The zero-order valence-corrected chi connectivity index (χ0v) is 13.3. The molecule has 0 aromatic heterocycles. The maximum atomic E-state index is 12.3. The summed E-state index contributed by atoms with van der Waals surface area (Å²) in [6.07, 6.45) is 4.63. The number of benzene rings is 1. The van der Waals surface area contributed by atoms with Gasteiger partial charge in [-0.15, -0.1) is 11.8 Å².